The molecular formula is C43H51N5O4. The fourth-order valence-corrected chi connectivity index (χ4v) is 8.64. The van der Waals surface area contributed by atoms with Crippen LogP contribution in [0.15, 0.2) is 53.7 Å². The third kappa shape index (κ3) is 6.92. The zero-order valence-electron chi connectivity index (χ0n) is 31.3. The van der Waals surface area contributed by atoms with Crippen LogP contribution in [0.4, 0.5) is 0 Å². The summed E-state index contributed by atoms with van der Waals surface area (Å²) in [4.78, 5) is 56.7. The van der Waals surface area contributed by atoms with Gasteiger partial charge >= 0.3 is 5.97 Å². The second-order valence-corrected chi connectivity index (χ2v) is 15.9. The summed E-state index contributed by atoms with van der Waals surface area (Å²) in [5.74, 6) is 7.76. The summed E-state index contributed by atoms with van der Waals surface area (Å²) >= 11 is 0. The summed E-state index contributed by atoms with van der Waals surface area (Å²) in [5.41, 5.74) is 6.92. The molecule has 4 aliphatic rings. The number of methoxy groups -OCH3 is 1. The van der Waals surface area contributed by atoms with Crippen molar-refractivity contribution in [2.24, 2.45) is 34.6 Å². The molecule has 1 saturated carbocycles. The van der Waals surface area contributed by atoms with Gasteiger partial charge in [0, 0.05) is 48.0 Å². The summed E-state index contributed by atoms with van der Waals surface area (Å²) in [5, 5.41) is 0. The van der Waals surface area contributed by atoms with Crippen LogP contribution in [0.1, 0.15) is 108 Å². The first kappa shape index (κ1) is 35.7. The van der Waals surface area contributed by atoms with Crippen LogP contribution in [0, 0.1) is 41.4 Å². The highest BCUT2D eigenvalue weighted by atomic mass is 16.5. The molecule has 1 aromatic heterocycles. The number of fused-ring (bicyclic) bond motifs is 3. The van der Waals surface area contributed by atoms with Gasteiger partial charge in [0.25, 0.3) is 0 Å². The number of imidazole rings is 1. The SMILES string of the molecule is COC(=O)C[C@H](C(=O)N1[C@H]2CC[C@H](C2)[C@H]1C1=NC=C(c2ccc(C#Cc3ccc4nc([C@@H]5CCCN5C(=O)[C@@H](C)C(C)C)[nH]c4c3)cc2)C1)C(C)C. The summed E-state index contributed by atoms with van der Waals surface area (Å²) in [6.07, 6.45) is 7.81. The highest BCUT2D eigenvalue weighted by Gasteiger charge is 2.51. The Bertz CT molecular complexity index is 1980. The fraction of sp³-hybridized carbons (Fsp3) is 0.512. The lowest BCUT2D eigenvalue weighted by molar-refractivity contribution is -0.149. The molecule has 2 aromatic carbocycles. The molecule has 3 fully saturated rings. The van der Waals surface area contributed by atoms with Crippen LogP contribution < -0.4 is 0 Å². The van der Waals surface area contributed by atoms with Gasteiger partial charge in [0.05, 0.1) is 42.6 Å². The van der Waals surface area contributed by atoms with Crippen molar-refractivity contribution >= 4 is 40.1 Å². The van der Waals surface area contributed by atoms with Gasteiger partial charge in [0.1, 0.15) is 5.82 Å². The van der Waals surface area contributed by atoms with Crippen molar-refractivity contribution in [2.75, 3.05) is 13.7 Å². The van der Waals surface area contributed by atoms with Gasteiger partial charge in [0.15, 0.2) is 0 Å². The molecule has 4 heterocycles. The number of H-pyrrole nitrogens is 1. The zero-order valence-corrected chi connectivity index (χ0v) is 31.3. The van der Waals surface area contributed by atoms with E-state index in [1.807, 2.05) is 62.2 Å². The van der Waals surface area contributed by atoms with Crippen LogP contribution in [0.5, 0.6) is 0 Å². The van der Waals surface area contributed by atoms with Crippen molar-refractivity contribution in [3.8, 4) is 11.8 Å². The average molecular weight is 702 g/mol. The van der Waals surface area contributed by atoms with Gasteiger partial charge in [-0.2, -0.15) is 0 Å². The van der Waals surface area contributed by atoms with E-state index in [0.717, 1.165) is 83.5 Å². The smallest absolute Gasteiger partial charge is 0.306 e. The number of rotatable bonds is 9. The van der Waals surface area contributed by atoms with E-state index in [1.165, 1.54) is 7.11 Å². The maximum Gasteiger partial charge on any atom is 0.306 e. The third-order valence-electron chi connectivity index (χ3n) is 12.0. The van der Waals surface area contributed by atoms with E-state index in [4.69, 9.17) is 14.7 Å². The average Bonchev–Trinajstić information content (AvgIpc) is 3.99. The number of carbonyl (C=O) groups is 3. The van der Waals surface area contributed by atoms with E-state index in [-0.39, 0.29) is 54.2 Å². The number of ether oxygens (including phenoxy) is 1. The molecule has 1 aliphatic carbocycles. The molecule has 52 heavy (non-hydrogen) atoms. The Kier molecular flexibility index (Phi) is 10.1. The van der Waals surface area contributed by atoms with Crippen LogP contribution >= 0.6 is 0 Å². The molecule has 9 heteroatoms. The van der Waals surface area contributed by atoms with Crippen LogP contribution in [0.3, 0.4) is 0 Å². The molecule has 3 aromatic rings. The normalized spacial score (nSPS) is 23.5. The van der Waals surface area contributed by atoms with E-state index >= 15 is 0 Å². The van der Waals surface area contributed by atoms with Gasteiger partial charge in [0.2, 0.25) is 11.8 Å². The molecular weight excluding hydrogens is 651 g/mol. The van der Waals surface area contributed by atoms with Crippen LogP contribution in [-0.4, -0.2) is 69.0 Å². The number of aromatic amines is 1. The van der Waals surface area contributed by atoms with Crippen molar-refractivity contribution in [3.63, 3.8) is 0 Å². The van der Waals surface area contributed by atoms with Crippen LogP contribution in [-0.2, 0) is 19.1 Å². The monoisotopic (exact) mass is 701 g/mol. The Morgan fingerprint density at radius 1 is 0.942 bits per heavy atom. The third-order valence-corrected chi connectivity index (χ3v) is 12.0. The summed E-state index contributed by atoms with van der Waals surface area (Å²) in [6.45, 7) is 11.0. The molecule has 6 atom stereocenters. The number of amides is 2. The maximum absolute atomic E-state index is 14.0. The Hall–Kier alpha value is -4.71. The predicted octanol–water partition coefficient (Wildman–Crippen LogP) is 7.32. The lowest BCUT2D eigenvalue weighted by atomic mass is 9.87. The molecule has 3 aliphatic heterocycles. The Morgan fingerprint density at radius 3 is 2.42 bits per heavy atom. The molecule has 9 nitrogen and oxygen atoms in total. The number of hydrogen-bond donors (Lipinski definition) is 1. The number of aliphatic imine (C=N–C) groups is 1. The topological polar surface area (TPSA) is 108 Å². The first-order valence-electron chi connectivity index (χ1n) is 19.1. The highest BCUT2D eigenvalue weighted by molar-refractivity contribution is 6.04. The molecule has 2 amide bonds. The first-order chi connectivity index (χ1) is 25.0. The largest absolute Gasteiger partial charge is 0.469 e. The maximum atomic E-state index is 14.0. The molecule has 2 saturated heterocycles. The highest BCUT2D eigenvalue weighted by Crippen LogP contribution is 2.46. The number of likely N-dealkylation sites (tertiary alicyclic amines) is 2. The van der Waals surface area contributed by atoms with Gasteiger partial charge in [-0.3, -0.25) is 19.4 Å². The molecule has 7 rings (SSSR count). The number of nitrogens with one attached hydrogen (secondary N) is 1. The number of aromatic nitrogens is 2. The van der Waals surface area contributed by atoms with Crippen molar-refractivity contribution < 1.29 is 19.1 Å². The number of carbonyl (C=O) groups excluding carboxylic acids is 3. The number of allylic oxidation sites excluding steroid dienone is 1. The quantitative estimate of drug-likeness (QED) is 0.186. The number of nitrogens with zero attached hydrogens (tertiary/aromatic N) is 4. The summed E-state index contributed by atoms with van der Waals surface area (Å²) in [7, 11) is 1.38. The molecule has 1 N–H and O–H groups in total. The van der Waals surface area contributed by atoms with E-state index in [1.54, 1.807) is 0 Å². The Balaban J connectivity index is 1.00. The lowest BCUT2D eigenvalue weighted by Crippen LogP contribution is -2.52. The van der Waals surface area contributed by atoms with Gasteiger partial charge < -0.3 is 19.5 Å². The predicted molar refractivity (Wildman–Crippen MR) is 203 cm³/mol. The Labute approximate surface area is 307 Å². The number of benzene rings is 2. The lowest BCUT2D eigenvalue weighted by Gasteiger charge is -2.38. The number of esters is 1. The first-order valence-corrected chi connectivity index (χ1v) is 19.1. The van der Waals surface area contributed by atoms with E-state index in [9.17, 15) is 14.4 Å². The van der Waals surface area contributed by atoms with Gasteiger partial charge in [-0.25, -0.2) is 4.98 Å². The van der Waals surface area contributed by atoms with Crippen LogP contribution in [0.25, 0.3) is 16.6 Å². The number of piperidine rings is 1. The van der Waals surface area contributed by atoms with E-state index in [0.29, 0.717) is 18.3 Å². The van der Waals surface area contributed by atoms with Crippen molar-refractivity contribution in [2.45, 2.75) is 97.7 Å². The second-order valence-electron chi connectivity index (χ2n) is 15.9. The van der Waals surface area contributed by atoms with Gasteiger partial charge in [-0.15, -0.1) is 0 Å². The fourth-order valence-electron chi connectivity index (χ4n) is 8.64. The van der Waals surface area contributed by atoms with Crippen molar-refractivity contribution in [1.29, 1.82) is 0 Å². The van der Waals surface area contributed by atoms with Crippen LogP contribution in [0.2, 0.25) is 0 Å². The minimum absolute atomic E-state index is 0.0132. The molecule has 0 radical (unpaired) electrons. The zero-order chi connectivity index (χ0) is 36.7. The van der Waals surface area contributed by atoms with Gasteiger partial charge in [-0.05, 0) is 91.3 Å². The van der Waals surface area contributed by atoms with Crippen molar-refractivity contribution in [3.05, 3.63) is 71.2 Å². The van der Waals surface area contributed by atoms with E-state index in [2.05, 4.69) is 47.7 Å². The minimum atomic E-state index is -0.394. The molecule has 2 bridgehead atoms. The molecule has 0 spiro atoms. The Morgan fingerprint density at radius 2 is 1.69 bits per heavy atom. The summed E-state index contributed by atoms with van der Waals surface area (Å²) < 4.78 is 4.93. The molecule has 0 unspecified atom stereocenters. The minimum Gasteiger partial charge on any atom is -0.469 e. The van der Waals surface area contributed by atoms with Crippen molar-refractivity contribution in [1.82, 2.24) is 19.8 Å². The standard InChI is InChI=1S/C43H51N5O4/c1-25(2)27(5)42(50)47-19-7-8-38(47)41-45-35-18-13-29(20-36(35)46-41)10-9-28-11-14-30(15-12-28)32-22-37(44-24-32)40-31-16-17-33(21-31)48(40)43(51)34(26(3)4)23-39(49)52-6/h11-15,18,20,24-27,31,33-34,38,40H,7-8,16-17,19,21-23H2,1-6H3,(H,45,46)/t27-,31+,33-,34-,38-,40-/m0/s1. The molecule has 272 valence electrons. The summed E-state index contributed by atoms with van der Waals surface area (Å²) in [6, 6.07) is 14.5. The van der Waals surface area contributed by atoms with E-state index < -0.39 is 5.92 Å². The van der Waals surface area contributed by atoms with Gasteiger partial charge in [-0.1, -0.05) is 58.6 Å². The number of hydrogen-bond acceptors (Lipinski definition) is 6. The second kappa shape index (κ2) is 14.7.